The normalized spacial score (nSPS) is 11.4. The fourth-order valence-electron chi connectivity index (χ4n) is 1.86. The highest BCUT2D eigenvalue weighted by Crippen LogP contribution is 2.34. The number of rotatable bonds is 2. The van der Waals surface area contributed by atoms with Gasteiger partial charge in [-0.2, -0.15) is 15.4 Å². The molecule has 0 saturated carbocycles. The Kier molecular flexibility index (Phi) is 3.38. The minimum Gasteiger partial charge on any atom is -0.426 e. The number of benzene rings is 1. The molecule has 1 aromatic carbocycles. The van der Waals surface area contributed by atoms with Crippen molar-refractivity contribution in [2.45, 2.75) is 33.1 Å². The summed E-state index contributed by atoms with van der Waals surface area (Å²) in [5.74, 6) is 0.270. The molecule has 0 atom stereocenters. The van der Waals surface area contributed by atoms with Gasteiger partial charge in [-0.25, -0.2) is 0 Å². The molecule has 0 saturated heterocycles. The van der Waals surface area contributed by atoms with Crippen LogP contribution in [0, 0.1) is 0 Å². The van der Waals surface area contributed by atoms with E-state index in [1.165, 1.54) is 6.92 Å². The molecule has 0 aliphatic heterocycles. The van der Waals surface area contributed by atoms with Crippen LogP contribution in [0.4, 0.5) is 0 Å². The molecule has 5 heteroatoms. The van der Waals surface area contributed by atoms with Crippen molar-refractivity contribution < 1.29 is 9.53 Å². The van der Waals surface area contributed by atoms with Crippen LogP contribution >= 0.6 is 0 Å². The lowest BCUT2D eigenvalue weighted by atomic mass is 9.85. The van der Waals surface area contributed by atoms with Crippen LogP contribution in [-0.2, 0) is 10.2 Å². The van der Waals surface area contributed by atoms with Crippen molar-refractivity contribution in [2.75, 3.05) is 0 Å². The smallest absolute Gasteiger partial charge is 0.308 e. The number of carbonyl (C=O) groups excluding carboxylic acids is 1. The lowest BCUT2D eigenvalue weighted by Gasteiger charge is -2.22. The van der Waals surface area contributed by atoms with Crippen LogP contribution in [0.25, 0.3) is 11.3 Å². The Morgan fingerprint density at radius 1 is 1.32 bits per heavy atom. The Bertz CT molecular complexity index is 583. The lowest BCUT2D eigenvalue weighted by molar-refractivity contribution is -0.131. The first-order chi connectivity index (χ1) is 8.88. The monoisotopic (exact) mass is 259 g/mol. The summed E-state index contributed by atoms with van der Waals surface area (Å²) in [6.07, 6.45) is 1.66. The van der Waals surface area contributed by atoms with Gasteiger partial charge < -0.3 is 4.74 Å². The lowest BCUT2D eigenvalue weighted by Crippen LogP contribution is -2.15. The zero-order valence-electron chi connectivity index (χ0n) is 11.5. The Labute approximate surface area is 112 Å². The van der Waals surface area contributed by atoms with Gasteiger partial charge in [0.25, 0.3) is 0 Å². The Morgan fingerprint density at radius 2 is 2.05 bits per heavy atom. The predicted molar refractivity (Wildman–Crippen MR) is 71.8 cm³/mol. The van der Waals surface area contributed by atoms with E-state index in [2.05, 4.69) is 36.2 Å². The summed E-state index contributed by atoms with van der Waals surface area (Å²) in [5.41, 5.74) is 2.53. The summed E-state index contributed by atoms with van der Waals surface area (Å²) in [4.78, 5) is 11.2. The van der Waals surface area contributed by atoms with Gasteiger partial charge in [0.2, 0.25) is 0 Å². The second kappa shape index (κ2) is 4.84. The Morgan fingerprint density at radius 3 is 2.58 bits per heavy atom. The van der Waals surface area contributed by atoms with Gasteiger partial charge in [-0.15, -0.1) is 0 Å². The van der Waals surface area contributed by atoms with E-state index >= 15 is 0 Å². The number of carbonyl (C=O) groups is 1. The third-order valence-corrected chi connectivity index (χ3v) is 2.75. The fraction of sp³-hybridized carbons (Fsp3) is 0.357. The number of hydrogen-bond donors (Lipinski definition) is 1. The number of aromatic amines is 1. The molecule has 2 rings (SSSR count). The molecular weight excluding hydrogens is 242 g/mol. The van der Waals surface area contributed by atoms with E-state index in [1.807, 2.05) is 12.1 Å². The van der Waals surface area contributed by atoms with E-state index in [-0.39, 0.29) is 11.4 Å². The molecule has 1 heterocycles. The molecule has 1 N–H and O–H groups in total. The van der Waals surface area contributed by atoms with Gasteiger partial charge in [-0.1, -0.05) is 20.8 Å². The van der Waals surface area contributed by atoms with E-state index in [9.17, 15) is 4.79 Å². The van der Waals surface area contributed by atoms with Gasteiger partial charge in [0.15, 0.2) is 0 Å². The minimum absolute atomic E-state index is 0.134. The highest BCUT2D eigenvalue weighted by molar-refractivity contribution is 5.71. The minimum atomic E-state index is -0.320. The number of ether oxygens (including phenoxy) is 1. The van der Waals surface area contributed by atoms with Crippen LogP contribution in [0.1, 0.15) is 33.3 Å². The third kappa shape index (κ3) is 2.99. The van der Waals surface area contributed by atoms with Crippen molar-refractivity contribution in [1.82, 2.24) is 15.4 Å². The maximum absolute atomic E-state index is 11.2. The van der Waals surface area contributed by atoms with Crippen molar-refractivity contribution in [2.24, 2.45) is 0 Å². The summed E-state index contributed by atoms with van der Waals surface area (Å²) in [5, 5.41) is 10.4. The zero-order valence-corrected chi connectivity index (χ0v) is 11.5. The van der Waals surface area contributed by atoms with Gasteiger partial charge in [0.05, 0.1) is 6.20 Å². The second-order valence-electron chi connectivity index (χ2n) is 5.41. The number of nitrogens with one attached hydrogen (secondary N) is 1. The number of nitrogens with zero attached hydrogens (tertiary/aromatic N) is 2. The summed E-state index contributed by atoms with van der Waals surface area (Å²) in [6.45, 7) is 7.61. The van der Waals surface area contributed by atoms with E-state index in [0.717, 1.165) is 16.8 Å². The van der Waals surface area contributed by atoms with Gasteiger partial charge in [-0.3, -0.25) is 4.79 Å². The van der Waals surface area contributed by atoms with Crippen molar-refractivity contribution in [1.29, 1.82) is 0 Å². The Hall–Kier alpha value is -2.17. The molecule has 19 heavy (non-hydrogen) atoms. The average Bonchev–Trinajstić information content (AvgIpc) is 2.80. The van der Waals surface area contributed by atoms with E-state index < -0.39 is 0 Å². The van der Waals surface area contributed by atoms with Gasteiger partial charge >= 0.3 is 5.97 Å². The molecule has 0 bridgehead atoms. The first-order valence-corrected chi connectivity index (χ1v) is 6.07. The first-order valence-electron chi connectivity index (χ1n) is 6.07. The highest BCUT2D eigenvalue weighted by atomic mass is 16.5. The number of esters is 1. The summed E-state index contributed by atoms with van der Waals surface area (Å²) >= 11 is 0. The number of H-pyrrole nitrogens is 1. The Balaban J connectivity index is 2.51. The molecule has 0 aliphatic carbocycles. The molecule has 0 fully saturated rings. The number of hydrogen-bond acceptors (Lipinski definition) is 4. The maximum Gasteiger partial charge on any atom is 0.308 e. The molecule has 0 spiro atoms. The molecule has 0 aliphatic rings. The summed E-state index contributed by atoms with van der Waals surface area (Å²) in [6, 6.07) is 5.65. The van der Waals surface area contributed by atoms with Crippen LogP contribution < -0.4 is 4.74 Å². The van der Waals surface area contributed by atoms with E-state index in [4.69, 9.17) is 4.74 Å². The molecule has 1 aromatic heterocycles. The van der Waals surface area contributed by atoms with Gasteiger partial charge in [0.1, 0.15) is 11.4 Å². The molecule has 0 amide bonds. The largest absolute Gasteiger partial charge is 0.426 e. The van der Waals surface area contributed by atoms with Crippen LogP contribution in [-0.4, -0.2) is 21.4 Å². The fourth-order valence-corrected chi connectivity index (χ4v) is 1.86. The SMILES string of the molecule is CC(=O)Oc1ccc(-c2cn[nH]n2)cc1C(C)(C)C. The predicted octanol–water partition coefficient (Wildman–Crippen LogP) is 2.69. The summed E-state index contributed by atoms with van der Waals surface area (Å²) in [7, 11) is 0. The molecule has 100 valence electrons. The third-order valence-electron chi connectivity index (χ3n) is 2.75. The van der Waals surface area contributed by atoms with Gasteiger partial charge in [-0.05, 0) is 23.6 Å². The second-order valence-corrected chi connectivity index (χ2v) is 5.41. The van der Waals surface area contributed by atoms with E-state index in [1.54, 1.807) is 12.3 Å². The zero-order chi connectivity index (χ0) is 14.0. The van der Waals surface area contributed by atoms with Gasteiger partial charge in [0, 0.05) is 18.1 Å². The molecule has 5 nitrogen and oxygen atoms in total. The molecule has 0 radical (unpaired) electrons. The summed E-state index contributed by atoms with van der Waals surface area (Å²) < 4.78 is 5.26. The van der Waals surface area contributed by atoms with Crippen molar-refractivity contribution in [3.63, 3.8) is 0 Å². The van der Waals surface area contributed by atoms with E-state index in [0.29, 0.717) is 5.75 Å². The quantitative estimate of drug-likeness (QED) is 0.665. The topological polar surface area (TPSA) is 67.9 Å². The first kappa shape index (κ1) is 13.3. The maximum atomic E-state index is 11.2. The number of aromatic nitrogens is 3. The average molecular weight is 259 g/mol. The molecule has 2 aromatic rings. The molecular formula is C14H17N3O2. The van der Waals surface area contributed by atoms with Crippen LogP contribution in [0.2, 0.25) is 0 Å². The standard InChI is InChI=1S/C14H17N3O2/c1-9(18)19-13-6-5-10(12-8-15-17-16-12)7-11(13)14(2,3)4/h5-8H,1-4H3,(H,15,16,17). The highest BCUT2D eigenvalue weighted by Gasteiger charge is 2.21. The van der Waals surface area contributed by atoms with Crippen LogP contribution in [0.5, 0.6) is 5.75 Å². The van der Waals surface area contributed by atoms with Crippen LogP contribution in [0.3, 0.4) is 0 Å². The molecule has 0 unspecified atom stereocenters. The van der Waals surface area contributed by atoms with Crippen molar-refractivity contribution in [3.05, 3.63) is 30.0 Å². The van der Waals surface area contributed by atoms with Crippen LogP contribution in [0.15, 0.2) is 24.4 Å². The van der Waals surface area contributed by atoms with Crippen molar-refractivity contribution >= 4 is 5.97 Å². The van der Waals surface area contributed by atoms with Crippen molar-refractivity contribution in [3.8, 4) is 17.0 Å².